The maximum Gasteiger partial charge on any atom is 0.213 e. The van der Waals surface area contributed by atoms with Crippen LogP contribution in [0.4, 0.5) is 0 Å². The normalized spacial score (nSPS) is 14.8. The minimum atomic E-state index is -0.0454. The number of fused-ring (bicyclic) bond motifs is 1. The first-order chi connectivity index (χ1) is 11.0. The molecule has 0 spiro atoms. The van der Waals surface area contributed by atoms with Gasteiger partial charge in [-0.15, -0.1) is 0 Å². The van der Waals surface area contributed by atoms with Crippen LogP contribution in [0.3, 0.4) is 0 Å². The summed E-state index contributed by atoms with van der Waals surface area (Å²) in [5.41, 5.74) is 7.82. The first-order valence-electron chi connectivity index (χ1n) is 8.08. The molecule has 0 unspecified atom stereocenters. The fraction of sp³-hybridized carbons (Fsp3) is 0.444. The summed E-state index contributed by atoms with van der Waals surface area (Å²) < 4.78 is 1.85. The van der Waals surface area contributed by atoms with Gasteiger partial charge in [-0.3, -0.25) is 0 Å². The smallest absolute Gasteiger partial charge is 0.213 e. The van der Waals surface area contributed by atoms with Crippen molar-refractivity contribution in [2.75, 3.05) is 0 Å². The van der Waals surface area contributed by atoms with Gasteiger partial charge in [0.25, 0.3) is 0 Å². The van der Waals surface area contributed by atoms with Crippen LogP contribution in [0, 0.1) is 27.7 Å². The molecule has 2 heterocycles. The van der Waals surface area contributed by atoms with Gasteiger partial charge in [-0.25, -0.2) is 9.50 Å². The molecule has 1 aliphatic rings. The maximum atomic E-state index is 9.95. The summed E-state index contributed by atoms with van der Waals surface area (Å²) in [5.74, 6) is 0.612. The lowest BCUT2D eigenvalue weighted by Crippen LogP contribution is -2.00. The second-order valence-electron chi connectivity index (χ2n) is 6.61. The van der Waals surface area contributed by atoms with Crippen LogP contribution < -0.4 is 0 Å². The van der Waals surface area contributed by atoms with Crippen LogP contribution in [-0.2, 0) is 6.61 Å². The van der Waals surface area contributed by atoms with E-state index in [-0.39, 0.29) is 6.61 Å². The number of aliphatic hydroxyl groups excluding tert-OH is 1. The minimum absolute atomic E-state index is 0.0454. The fourth-order valence-electron chi connectivity index (χ4n) is 3.21. The molecular formula is C18H21N3OS. The monoisotopic (exact) mass is 327 g/mol. The quantitative estimate of drug-likeness (QED) is 0.789. The minimum Gasteiger partial charge on any atom is -0.390 e. The van der Waals surface area contributed by atoms with Crippen LogP contribution in [0.1, 0.15) is 51.7 Å². The first kappa shape index (κ1) is 14.8. The molecule has 0 amide bonds. The van der Waals surface area contributed by atoms with E-state index in [2.05, 4.69) is 33.8 Å². The van der Waals surface area contributed by atoms with E-state index >= 15 is 0 Å². The highest BCUT2D eigenvalue weighted by Crippen LogP contribution is 2.43. The maximum absolute atomic E-state index is 9.95. The van der Waals surface area contributed by atoms with Crippen molar-refractivity contribution in [2.45, 2.75) is 53.1 Å². The largest absolute Gasteiger partial charge is 0.390 e. The Balaban J connectivity index is 1.97. The van der Waals surface area contributed by atoms with Gasteiger partial charge in [0.2, 0.25) is 4.96 Å². The summed E-state index contributed by atoms with van der Waals surface area (Å²) >= 11 is 1.66. The van der Waals surface area contributed by atoms with Crippen LogP contribution >= 0.6 is 11.3 Å². The summed E-state index contributed by atoms with van der Waals surface area (Å²) in [5, 5.41) is 15.8. The Morgan fingerprint density at radius 3 is 2.39 bits per heavy atom. The standard InChI is InChI=1S/C18H21N3OS/c1-9-7-10(2)12(4)15(11(9)3)16-14(8-22)21-18(19-16)23-17(20-21)13-5-6-13/h7,13,22H,5-6,8H2,1-4H3. The number of aliphatic hydroxyl groups is 1. The zero-order valence-corrected chi connectivity index (χ0v) is 14.8. The average Bonchev–Trinajstić information content (AvgIpc) is 3.20. The van der Waals surface area contributed by atoms with Crippen molar-refractivity contribution in [1.29, 1.82) is 0 Å². The van der Waals surface area contributed by atoms with Gasteiger partial charge in [0.15, 0.2) is 0 Å². The number of imidazole rings is 1. The van der Waals surface area contributed by atoms with E-state index in [9.17, 15) is 5.11 Å². The second-order valence-corrected chi connectivity index (χ2v) is 7.60. The van der Waals surface area contributed by atoms with Crippen LogP contribution in [0.5, 0.6) is 0 Å². The third-order valence-corrected chi connectivity index (χ3v) is 6.06. The zero-order valence-electron chi connectivity index (χ0n) is 14.0. The third-order valence-electron chi connectivity index (χ3n) is 4.99. The first-order valence-corrected chi connectivity index (χ1v) is 8.90. The molecule has 0 atom stereocenters. The summed E-state index contributed by atoms with van der Waals surface area (Å²) in [6.07, 6.45) is 2.46. The van der Waals surface area contributed by atoms with Crippen molar-refractivity contribution < 1.29 is 5.11 Å². The lowest BCUT2D eigenvalue weighted by Gasteiger charge is -2.14. The van der Waals surface area contributed by atoms with Gasteiger partial charge in [-0.05, 0) is 62.8 Å². The molecule has 4 nitrogen and oxygen atoms in total. The summed E-state index contributed by atoms with van der Waals surface area (Å²) in [7, 11) is 0. The molecule has 0 radical (unpaired) electrons. The van der Waals surface area contributed by atoms with Gasteiger partial charge in [0.1, 0.15) is 5.01 Å². The van der Waals surface area contributed by atoms with Gasteiger partial charge >= 0.3 is 0 Å². The summed E-state index contributed by atoms with van der Waals surface area (Å²) in [4.78, 5) is 5.74. The van der Waals surface area contributed by atoms with E-state index in [0.717, 1.165) is 26.9 Å². The Bertz CT molecular complexity index is 892. The number of hydrogen-bond donors (Lipinski definition) is 1. The van der Waals surface area contributed by atoms with E-state index in [1.807, 2.05) is 4.52 Å². The molecule has 3 aromatic rings. The summed E-state index contributed by atoms with van der Waals surface area (Å²) in [6.45, 7) is 8.48. The molecule has 4 rings (SSSR count). The Morgan fingerprint density at radius 2 is 1.83 bits per heavy atom. The van der Waals surface area contributed by atoms with E-state index < -0.39 is 0 Å². The van der Waals surface area contributed by atoms with Crippen molar-refractivity contribution in [3.63, 3.8) is 0 Å². The molecule has 0 bridgehead atoms. The third kappa shape index (κ3) is 2.22. The summed E-state index contributed by atoms with van der Waals surface area (Å²) in [6, 6.07) is 2.22. The van der Waals surface area contributed by atoms with Crippen LogP contribution in [0.15, 0.2) is 6.07 Å². The molecule has 1 fully saturated rings. The Kier molecular flexibility index (Phi) is 3.32. The van der Waals surface area contributed by atoms with E-state index in [1.165, 1.54) is 35.1 Å². The highest BCUT2D eigenvalue weighted by atomic mass is 32.1. The van der Waals surface area contributed by atoms with Gasteiger partial charge in [0.05, 0.1) is 18.0 Å². The number of aromatic nitrogens is 3. The molecule has 0 aliphatic heterocycles. The Hall–Kier alpha value is -1.72. The van der Waals surface area contributed by atoms with Crippen molar-refractivity contribution in [2.24, 2.45) is 0 Å². The van der Waals surface area contributed by atoms with Gasteiger partial charge in [0, 0.05) is 11.5 Å². The van der Waals surface area contributed by atoms with E-state index in [4.69, 9.17) is 10.1 Å². The highest BCUT2D eigenvalue weighted by Gasteiger charge is 2.29. The van der Waals surface area contributed by atoms with Gasteiger partial charge < -0.3 is 5.11 Å². The highest BCUT2D eigenvalue weighted by molar-refractivity contribution is 7.16. The molecule has 2 aromatic heterocycles. The molecule has 120 valence electrons. The lowest BCUT2D eigenvalue weighted by molar-refractivity contribution is 0.275. The van der Waals surface area contributed by atoms with Crippen LogP contribution in [-0.4, -0.2) is 19.7 Å². The predicted molar refractivity (Wildman–Crippen MR) is 93.1 cm³/mol. The molecule has 1 aliphatic carbocycles. The molecule has 5 heteroatoms. The van der Waals surface area contributed by atoms with E-state index in [1.54, 1.807) is 11.3 Å². The predicted octanol–water partition coefficient (Wildman–Crippen LogP) is 4.06. The van der Waals surface area contributed by atoms with Gasteiger partial charge in [-0.1, -0.05) is 17.4 Å². The molecule has 1 aromatic carbocycles. The SMILES string of the molecule is Cc1cc(C)c(C)c(-c2nc3sc(C4CC4)nn3c2CO)c1C. The van der Waals surface area contributed by atoms with Crippen molar-refractivity contribution in [1.82, 2.24) is 14.6 Å². The number of rotatable bonds is 3. The second kappa shape index (κ2) is 5.14. The average molecular weight is 327 g/mol. The number of benzene rings is 1. The van der Waals surface area contributed by atoms with E-state index in [0.29, 0.717) is 5.92 Å². The van der Waals surface area contributed by atoms with Crippen molar-refractivity contribution in [3.05, 3.63) is 39.0 Å². The number of hydrogen-bond acceptors (Lipinski definition) is 4. The van der Waals surface area contributed by atoms with Crippen LogP contribution in [0.25, 0.3) is 16.2 Å². The molecule has 1 saturated carbocycles. The molecular weight excluding hydrogens is 306 g/mol. The molecule has 1 N–H and O–H groups in total. The van der Waals surface area contributed by atoms with Crippen molar-refractivity contribution >= 4 is 16.3 Å². The van der Waals surface area contributed by atoms with Gasteiger partial charge in [-0.2, -0.15) is 5.10 Å². The number of aryl methyl sites for hydroxylation is 2. The fourth-order valence-corrected chi connectivity index (χ4v) is 4.30. The zero-order chi connectivity index (χ0) is 16.3. The molecule has 0 saturated heterocycles. The Labute approximate surface area is 139 Å². The van der Waals surface area contributed by atoms with Crippen molar-refractivity contribution in [3.8, 4) is 11.3 Å². The lowest BCUT2D eigenvalue weighted by atomic mass is 9.91. The Morgan fingerprint density at radius 1 is 1.17 bits per heavy atom. The van der Waals surface area contributed by atoms with Crippen LogP contribution in [0.2, 0.25) is 0 Å². The topological polar surface area (TPSA) is 50.4 Å². The molecule has 23 heavy (non-hydrogen) atoms. The number of nitrogens with zero attached hydrogens (tertiary/aromatic N) is 3.